The van der Waals surface area contributed by atoms with Gasteiger partial charge in [-0.1, -0.05) is 13.0 Å². The Kier molecular flexibility index (Phi) is 5.59. The van der Waals surface area contributed by atoms with E-state index < -0.39 is 0 Å². The van der Waals surface area contributed by atoms with Crippen molar-refractivity contribution >= 4 is 5.69 Å². The number of likely N-dealkylation sites (N-methyl/N-ethyl adjacent to an activating group) is 1. The predicted molar refractivity (Wildman–Crippen MR) is 87.3 cm³/mol. The monoisotopic (exact) mass is 293 g/mol. The number of piperidine rings is 1. The summed E-state index contributed by atoms with van der Waals surface area (Å²) >= 11 is 0. The molecule has 0 amide bonds. The molecule has 1 aromatic carbocycles. The number of rotatable bonds is 5. The van der Waals surface area contributed by atoms with Crippen LogP contribution in [0.4, 0.5) is 10.1 Å². The molecule has 4 heteroatoms. The topological polar surface area (TPSA) is 32.5 Å². The van der Waals surface area contributed by atoms with E-state index in [1.807, 2.05) is 19.1 Å². The average molecular weight is 293 g/mol. The molecule has 2 unspecified atom stereocenters. The van der Waals surface area contributed by atoms with Gasteiger partial charge in [-0.2, -0.15) is 0 Å². The van der Waals surface area contributed by atoms with Gasteiger partial charge in [-0.25, -0.2) is 4.39 Å². The predicted octanol–water partition coefficient (Wildman–Crippen LogP) is 2.64. The second-order valence-electron chi connectivity index (χ2n) is 6.32. The molecule has 0 saturated carbocycles. The second-order valence-corrected chi connectivity index (χ2v) is 6.32. The van der Waals surface area contributed by atoms with E-state index >= 15 is 0 Å². The van der Waals surface area contributed by atoms with Crippen LogP contribution in [-0.2, 0) is 6.42 Å². The smallest absolute Gasteiger partial charge is 0.128 e. The maximum Gasteiger partial charge on any atom is 0.128 e. The Hall–Kier alpha value is -1.13. The largest absolute Gasteiger partial charge is 0.370 e. The lowest BCUT2D eigenvalue weighted by atomic mass is 9.98. The van der Waals surface area contributed by atoms with Crippen molar-refractivity contribution in [3.63, 3.8) is 0 Å². The third-order valence-electron chi connectivity index (χ3n) is 4.55. The molecule has 1 aromatic rings. The fraction of sp³-hybridized carbons (Fsp3) is 0.647. The highest BCUT2D eigenvalue weighted by Gasteiger charge is 2.24. The van der Waals surface area contributed by atoms with E-state index in [-0.39, 0.29) is 11.9 Å². The summed E-state index contributed by atoms with van der Waals surface area (Å²) in [6.07, 6.45) is 3.84. The molecule has 1 aliphatic heterocycles. The van der Waals surface area contributed by atoms with Crippen molar-refractivity contribution in [3.8, 4) is 0 Å². The van der Waals surface area contributed by atoms with Crippen LogP contribution >= 0.6 is 0 Å². The normalized spacial score (nSPS) is 20.9. The molecule has 2 atom stereocenters. The fourth-order valence-electron chi connectivity index (χ4n) is 3.05. The van der Waals surface area contributed by atoms with Gasteiger partial charge < -0.3 is 15.5 Å². The van der Waals surface area contributed by atoms with E-state index in [4.69, 9.17) is 5.73 Å². The quantitative estimate of drug-likeness (QED) is 0.906. The number of halogens is 1. The van der Waals surface area contributed by atoms with Gasteiger partial charge in [-0.3, -0.25) is 0 Å². The van der Waals surface area contributed by atoms with Gasteiger partial charge in [-0.15, -0.1) is 0 Å². The molecular weight excluding hydrogens is 265 g/mol. The maximum absolute atomic E-state index is 14.3. The first kappa shape index (κ1) is 16.2. The molecule has 2 N–H and O–H groups in total. The first-order valence-electron chi connectivity index (χ1n) is 7.97. The van der Waals surface area contributed by atoms with Crippen LogP contribution in [0.25, 0.3) is 0 Å². The van der Waals surface area contributed by atoms with Crippen molar-refractivity contribution in [2.24, 2.45) is 5.73 Å². The van der Waals surface area contributed by atoms with E-state index in [0.29, 0.717) is 12.5 Å². The Bertz CT molecular complexity index is 461. The Morgan fingerprint density at radius 3 is 2.86 bits per heavy atom. The summed E-state index contributed by atoms with van der Waals surface area (Å²) in [6.45, 7) is 4.02. The molecule has 0 radical (unpaired) electrons. The average Bonchev–Trinajstić information content (AvgIpc) is 2.49. The lowest BCUT2D eigenvalue weighted by molar-refractivity contribution is 0.258. The van der Waals surface area contributed by atoms with Gasteiger partial charge in [-0.05, 0) is 51.9 Å². The zero-order chi connectivity index (χ0) is 15.4. The lowest BCUT2D eigenvalue weighted by Gasteiger charge is -2.38. The Morgan fingerprint density at radius 1 is 1.43 bits per heavy atom. The summed E-state index contributed by atoms with van der Waals surface area (Å²) in [5, 5.41) is 0. The summed E-state index contributed by atoms with van der Waals surface area (Å²) in [5.41, 5.74) is 7.87. The van der Waals surface area contributed by atoms with Crippen LogP contribution in [0.15, 0.2) is 18.2 Å². The minimum atomic E-state index is -0.122. The lowest BCUT2D eigenvalue weighted by Crippen LogP contribution is -2.45. The molecule has 1 aliphatic rings. The van der Waals surface area contributed by atoms with Gasteiger partial charge in [0.1, 0.15) is 5.82 Å². The highest BCUT2D eigenvalue weighted by molar-refractivity contribution is 5.55. The van der Waals surface area contributed by atoms with Crippen molar-refractivity contribution in [1.82, 2.24) is 4.90 Å². The Balaban J connectivity index is 2.24. The number of hydrogen-bond donors (Lipinski definition) is 1. The zero-order valence-corrected chi connectivity index (χ0v) is 13.5. The van der Waals surface area contributed by atoms with E-state index in [9.17, 15) is 4.39 Å². The number of anilines is 1. The molecule has 0 spiro atoms. The second kappa shape index (κ2) is 7.23. The van der Waals surface area contributed by atoms with Gasteiger partial charge in [0.2, 0.25) is 0 Å². The molecule has 1 saturated heterocycles. The summed E-state index contributed by atoms with van der Waals surface area (Å²) < 4.78 is 14.3. The van der Waals surface area contributed by atoms with Crippen molar-refractivity contribution in [1.29, 1.82) is 0 Å². The third-order valence-corrected chi connectivity index (χ3v) is 4.55. The van der Waals surface area contributed by atoms with Crippen LogP contribution < -0.4 is 10.6 Å². The van der Waals surface area contributed by atoms with Gasteiger partial charge in [0.05, 0.1) is 0 Å². The van der Waals surface area contributed by atoms with Gasteiger partial charge in [0, 0.05) is 36.4 Å². The van der Waals surface area contributed by atoms with Crippen LogP contribution in [0.3, 0.4) is 0 Å². The highest BCUT2D eigenvalue weighted by atomic mass is 19.1. The van der Waals surface area contributed by atoms with Crippen LogP contribution in [0.5, 0.6) is 0 Å². The molecule has 118 valence electrons. The van der Waals surface area contributed by atoms with Crippen molar-refractivity contribution in [2.75, 3.05) is 32.1 Å². The van der Waals surface area contributed by atoms with Crippen LogP contribution in [0.2, 0.25) is 0 Å². The highest BCUT2D eigenvalue weighted by Crippen LogP contribution is 2.28. The SMILES string of the molecule is CCC(N)Cc1c(F)cccc1N1CCCC(N(C)C)C1. The summed E-state index contributed by atoms with van der Waals surface area (Å²) in [5.74, 6) is -0.122. The number of hydrogen-bond acceptors (Lipinski definition) is 3. The molecular formula is C17H28FN3. The zero-order valence-electron chi connectivity index (χ0n) is 13.5. The van der Waals surface area contributed by atoms with E-state index in [2.05, 4.69) is 23.9 Å². The van der Waals surface area contributed by atoms with Crippen molar-refractivity contribution in [3.05, 3.63) is 29.6 Å². The van der Waals surface area contributed by atoms with Crippen LogP contribution in [-0.4, -0.2) is 44.2 Å². The molecule has 0 aliphatic carbocycles. The van der Waals surface area contributed by atoms with Crippen molar-refractivity contribution in [2.45, 2.75) is 44.7 Å². The first-order chi connectivity index (χ1) is 10.0. The summed E-state index contributed by atoms with van der Waals surface area (Å²) in [6, 6.07) is 5.96. The molecule has 1 heterocycles. The maximum atomic E-state index is 14.3. The van der Waals surface area contributed by atoms with E-state index in [1.165, 1.54) is 6.42 Å². The minimum absolute atomic E-state index is 0.0232. The van der Waals surface area contributed by atoms with E-state index in [0.717, 1.165) is 37.2 Å². The van der Waals surface area contributed by atoms with Gasteiger partial charge in [0.15, 0.2) is 0 Å². The fourth-order valence-corrected chi connectivity index (χ4v) is 3.05. The number of nitrogens with two attached hydrogens (primary N) is 1. The Labute approximate surface area is 127 Å². The van der Waals surface area contributed by atoms with Gasteiger partial charge >= 0.3 is 0 Å². The molecule has 0 aromatic heterocycles. The van der Waals surface area contributed by atoms with E-state index in [1.54, 1.807) is 6.07 Å². The summed E-state index contributed by atoms with van der Waals surface area (Å²) in [7, 11) is 4.24. The molecule has 21 heavy (non-hydrogen) atoms. The molecule has 1 fully saturated rings. The standard InChI is InChI=1S/C17H28FN3/c1-4-13(19)11-15-16(18)8-5-9-17(15)21-10-6-7-14(12-21)20(2)3/h5,8-9,13-14H,4,6-7,10-12,19H2,1-3H3. The third kappa shape index (κ3) is 3.95. The number of benzene rings is 1. The summed E-state index contributed by atoms with van der Waals surface area (Å²) in [4.78, 5) is 4.60. The molecule has 0 bridgehead atoms. The molecule has 3 nitrogen and oxygen atoms in total. The van der Waals surface area contributed by atoms with Gasteiger partial charge in [0.25, 0.3) is 0 Å². The minimum Gasteiger partial charge on any atom is -0.370 e. The number of nitrogens with zero attached hydrogens (tertiary/aromatic N) is 2. The van der Waals surface area contributed by atoms with Crippen LogP contribution in [0.1, 0.15) is 31.7 Å². The first-order valence-corrected chi connectivity index (χ1v) is 7.97. The van der Waals surface area contributed by atoms with Crippen molar-refractivity contribution < 1.29 is 4.39 Å². The molecule has 2 rings (SSSR count). The Morgan fingerprint density at radius 2 is 2.19 bits per heavy atom. The van der Waals surface area contributed by atoms with Crippen LogP contribution in [0, 0.1) is 5.82 Å².